The molecule has 0 radical (unpaired) electrons. The van der Waals surface area contributed by atoms with E-state index in [1.165, 1.54) is 6.20 Å². The van der Waals surface area contributed by atoms with E-state index in [0.717, 1.165) is 4.47 Å². The standard InChI is InChI=1S/C9H7BrN4O/c10-6-2-1-4-11-8(6)13-9(15)7-3-5-12-14-7/h1-5H,(H,12,14)(H,11,13,15). The third-order valence-corrected chi connectivity index (χ3v) is 2.38. The summed E-state index contributed by atoms with van der Waals surface area (Å²) >= 11 is 3.29. The molecular formula is C9H7BrN4O. The lowest BCUT2D eigenvalue weighted by Gasteiger charge is -2.03. The lowest BCUT2D eigenvalue weighted by Crippen LogP contribution is -2.13. The van der Waals surface area contributed by atoms with Gasteiger partial charge in [-0.25, -0.2) is 4.98 Å². The molecule has 0 saturated carbocycles. The fraction of sp³-hybridized carbons (Fsp3) is 0. The highest BCUT2D eigenvalue weighted by molar-refractivity contribution is 9.10. The fourth-order valence-electron chi connectivity index (χ4n) is 1.03. The Labute approximate surface area is 94.0 Å². The van der Waals surface area contributed by atoms with E-state index >= 15 is 0 Å². The van der Waals surface area contributed by atoms with Gasteiger partial charge in [-0.1, -0.05) is 0 Å². The molecule has 0 unspecified atom stereocenters. The van der Waals surface area contributed by atoms with Crippen LogP contribution in [0.15, 0.2) is 35.1 Å². The van der Waals surface area contributed by atoms with Gasteiger partial charge in [0.25, 0.3) is 5.91 Å². The lowest BCUT2D eigenvalue weighted by molar-refractivity contribution is 0.102. The van der Waals surface area contributed by atoms with Gasteiger partial charge in [0.05, 0.1) is 4.47 Å². The van der Waals surface area contributed by atoms with E-state index in [-0.39, 0.29) is 5.91 Å². The van der Waals surface area contributed by atoms with Crippen molar-refractivity contribution in [2.75, 3.05) is 5.32 Å². The fourth-order valence-corrected chi connectivity index (χ4v) is 1.39. The van der Waals surface area contributed by atoms with Gasteiger partial charge in [-0.15, -0.1) is 0 Å². The van der Waals surface area contributed by atoms with E-state index in [2.05, 4.69) is 36.4 Å². The minimum atomic E-state index is -0.271. The molecule has 0 bridgehead atoms. The highest BCUT2D eigenvalue weighted by atomic mass is 79.9. The molecule has 1 amide bonds. The number of carbonyl (C=O) groups is 1. The van der Waals surface area contributed by atoms with E-state index < -0.39 is 0 Å². The summed E-state index contributed by atoms with van der Waals surface area (Å²) in [5.74, 6) is 0.212. The molecule has 15 heavy (non-hydrogen) atoms. The number of H-pyrrole nitrogens is 1. The number of anilines is 1. The maximum absolute atomic E-state index is 11.6. The summed E-state index contributed by atoms with van der Waals surface area (Å²) in [7, 11) is 0. The van der Waals surface area contributed by atoms with Gasteiger partial charge < -0.3 is 5.32 Å². The van der Waals surface area contributed by atoms with Crippen molar-refractivity contribution in [1.29, 1.82) is 0 Å². The molecule has 2 aromatic heterocycles. The maximum atomic E-state index is 11.6. The van der Waals surface area contributed by atoms with Gasteiger partial charge in [-0.3, -0.25) is 9.89 Å². The molecule has 0 aliphatic carbocycles. The summed E-state index contributed by atoms with van der Waals surface area (Å²) in [6.45, 7) is 0. The molecule has 0 spiro atoms. The molecule has 76 valence electrons. The van der Waals surface area contributed by atoms with Crippen LogP contribution in [0.3, 0.4) is 0 Å². The summed E-state index contributed by atoms with van der Waals surface area (Å²) in [6.07, 6.45) is 3.12. The van der Waals surface area contributed by atoms with E-state index in [0.29, 0.717) is 11.5 Å². The average Bonchev–Trinajstić information content (AvgIpc) is 2.74. The summed E-state index contributed by atoms with van der Waals surface area (Å²) in [5.41, 5.74) is 0.396. The Morgan fingerprint density at radius 1 is 1.40 bits per heavy atom. The van der Waals surface area contributed by atoms with Crippen LogP contribution in [-0.4, -0.2) is 21.1 Å². The van der Waals surface area contributed by atoms with Crippen molar-refractivity contribution in [2.45, 2.75) is 0 Å². The average molecular weight is 267 g/mol. The van der Waals surface area contributed by atoms with Crippen molar-refractivity contribution in [2.24, 2.45) is 0 Å². The number of halogens is 1. The number of hydrogen-bond donors (Lipinski definition) is 2. The van der Waals surface area contributed by atoms with Crippen molar-refractivity contribution in [3.63, 3.8) is 0 Å². The van der Waals surface area contributed by atoms with Crippen molar-refractivity contribution < 1.29 is 4.79 Å². The normalized spacial score (nSPS) is 9.93. The Hall–Kier alpha value is -1.69. The van der Waals surface area contributed by atoms with Crippen LogP contribution >= 0.6 is 15.9 Å². The second-order valence-electron chi connectivity index (χ2n) is 2.76. The predicted molar refractivity (Wildman–Crippen MR) is 58.5 cm³/mol. The molecule has 0 fully saturated rings. The second kappa shape index (κ2) is 4.22. The summed E-state index contributed by atoms with van der Waals surface area (Å²) in [5, 5.41) is 8.91. The van der Waals surface area contributed by atoms with Crippen molar-refractivity contribution in [3.8, 4) is 0 Å². The molecule has 2 N–H and O–H groups in total. The van der Waals surface area contributed by atoms with Gasteiger partial charge >= 0.3 is 0 Å². The van der Waals surface area contributed by atoms with Crippen LogP contribution in [0.1, 0.15) is 10.5 Å². The molecule has 0 aromatic carbocycles. The Balaban J connectivity index is 2.17. The Bertz CT molecular complexity index is 469. The van der Waals surface area contributed by atoms with Crippen LogP contribution in [-0.2, 0) is 0 Å². The molecule has 5 nitrogen and oxygen atoms in total. The van der Waals surface area contributed by atoms with Gasteiger partial charge in [-0.2, -0.15) is 5.10 Å². The van der Waals surface area contributed by atoms with Gasteiger partial charge in [0.2, 0.25) is 0 Å². The van der Waals surface area contributed by atoms with E-state index in [1.807, 2.05) is 0 Å². The number of nitrogens with zero attached hydrogens (tertiary/aromatic N) is 2. The summed E-state index contributed by atoms with van der Waals surface area (Å²) in [4.78, 5) is 15.6. The van der Waals surface area contributed by atoms with Crippen LogP contribution < -0.4 is 5.32 Å². The first kappa shape index (κ1) is 9.85. The molecule has 2 rings (SSSR count). The SMILES string of the molecule is O=C(Nc1ncccc1Br)c1ccn[nH]1. The smallest absolute Gasteiger partial charge is 0.274 e. The minimum absolute atomic E-state index is 0.271. The first-order chi connectivity index (χ1) is 7.27. The van der Waals surface area contributed by atoms with Gasteiger partial charge in [-0.05, 0) is 34.1 Å². The zero-order chi connectivity index (χ0) is 10.7. The molecule has 2 aromatic rings. The van der Waals surface area contributed by atoms with Crippen LogP contribution in [0, 0.1) is 0 Å². The Morgan fingerprint density at radius 2 is 2.27 bits per heavy atom. The molecule has 0 aliphatic heterocycles. The molecular weight excluding hydrogens is 260 g/mol. The van der Waals surface area contributed by atoms with Crippen molar-refractivity contribution in [3.05, 3.63) is 40.8 Å². The van der Waals surface area contributed by atoms with Crippen molar-refractivity contribution >= 4 is 27.7 Å². The first-order valence-electron chi connectivity index (χ1n) is 4.18. The molecule has 0 atom stereocenters. The minimum Gasteiger partial charge on any atom is -0.304 e. The number of hydrogen-bond acceptors (Lipinski definition) is 3. The van der Waals surface area contributed by atoms with Crippen LogP contribution in [0.5, 0.6) is 0 Å². The quantitative estimate of drug-likeness (QED) is 0.871. The number of aromatic amines is 1. The molecule has 2 heterocycles. The topological polar surface area (TPSA) is 70.7 Å². The highest BCUT2D eigenvalue weighted by Gasteiger charge is 2.09. The van der Waals surface area contributed by atoms with Crippen LogP contribution in [0.25, 0.3) is 0 Å². The number of carbonyl (C=O) groups excluding carboxylic acids is 1. The van der Waals surface area contributed by atoms with Crippen LogP contribution in [0.4, 0.5) is 5.82 Å². The summed E-state index contributed by atoms with van der Waals surface area (Å²) in [6, 6.07) is 5.16. The zero-order valence-corrected chi connectivity index (χ0v) is 9.15. The monoisotopic (exact) mass is 266 g/mol. The van der Waals surface area contributed by atoms with Gasteiger partial charge in [0.1, 0.15) is 11.5 Å². The Morgan fingerprint density at radius 3 is 2.93 bits per heavy atom. The number of pyridine rings is 1. The molecule has 0 aliphatic rings. The van der Waals surface area contributed by atoms with E-state index in [4.69, 9.17) is 0 Å². The lowest BCUT2D eigenvalue weighted by atomic mass is 10.4. The van der Waals surface area contributed by atoms with E-state index in [1.54, 1.807) is 24.4 Å². The molecule has 0 saturated heterocycles. The third kappa shape index (κ3) is 2.21. The number of rotatable bonds is 2. The van der Waals surface area contributed by atoms with E-state index in [9.17, 15) is 4.79 Å². The molecule has 6 heteroatoms. The highest BCUT2D eigenvalue weighted by Crippen LogP contribution is 2.18. The van der Waals surface area contributed by atoms with Crippen molar-refractivity contribution in [1.82, 2.24) is 15.2 Å². The largest absolute Gasteiger partial charge is 0.304 e. The predicted octanol–water partition coefficient (Wildman–Crippen LogP) is 1.82. The number of amides is 1. The van der Waals surface area contributed by atoms with Gasteiger partial charge in [0.15, 0.2) is 0 Å². The third-order valence-electron chi connectivity index (χ3n) is 1.74. The second-order valence-corrected chi connectivity index (χ2v) is 3.61. The maximum Gasteiger partial charge on any atom is 0.274 e. The Kier molecular flexibility index (Phi) is 2.77. The van der Waals surface area contributed by atoms with Crippen LogP contribution in [0.2, 0.25) is 0 Å². The number of nitrogens with one attached hydrogen (secondary N) is 2. The first-order valence-corrected chi connectivity index (χ1v) is 4.98. The summed E-state index contributed by atoms with van der Waals surface area (Å²) < 4.78 is 0.734. The zero-order valence-electron chi connectivity index (χ0n) is 7.57. The number of aromatic nitrogens is 3. The van der Waals surface area contributed by atoms with Gasteiger partial charge in [0, 0.05) is 12.4 Å².